The van der Waals surface area contributed by atoms with Crippen molar-refractivity contribution in [3.8, 4) is 0 Å². The zero-order valence-electron chi connectivity index (χ0n) is 13.9. The molecule has 0 aliphatic carbocycles. The van der Waals surface area contributed by atoms with Gasteiger partial charge in [-0.05, 0) is 34.5 Å². The van der Waals surface area contributed by atoms with E-state index < -0.39 is 26.7 Å². The summed E-state index contributed by atoms with van der Waals surface area (Å²) in [5.74, 6) is 0. The summed E-state index contributed by atoms with van der Waals surface area (Å²) in [5.41, 5.74) is -0.468. The molecule has 0 aliphatic heterocycles. The molecule has 0 saturated heterocycles. The van der Waals surface area contributed by atoms with Gasteiger partial charge in [0.15, 0.2) is 0 Å². The third kappa shape index (κ3) is 3.59. The summed E-state index contributed by atoms with van der Waals surface area (Å²) in [7, 11) is -3.02. The highest BCUT2D eigenvalue weighted by atomic mass is 32.2. The zero-order chi connectivity index (χ0) is 18.9. The van der Waals surface area contributed by atoms with Gasteiger partial charge < -0.3 is 0 Å². The quantitative estimate of drug-likeness (QED) is 0.660. The van der Waals surface area contributed by atoms with Gasteiger partial charge in [-0.15, -0.1) is 0 Å². The molecule has 0 aliphatic rings. The summed E-state index contributed by atoms with van der Waals surface area (Å²) >= 11 is 0. The van der Waals surface area contributed by atoms with Crippen LogP contribution in [0.5, 0.6) is 0 Å². The second kappa shape index (κ2) is 6.74. The van der Waals surface area contributed by atoms with E-state index in [0.29, 0.717) is 5.56 Å². The summed E-state index contributed by atoms with van der Waals surface area (Å²) in [5, 5.41) is 1.94. The summed E-state index contributed by atoms with van der Waals surface area (Å²) in [6, 6.07) is 17.3. The molecule has 0 spiro atoms. The van der Waals surface area contributed by atoms with Gasteiger partial charge in [0.2, 0.25) is 10.0 Å². The van der Waals surface area contributed by atoms with Crippen molar-refractivity contribution < 1.29 is 21.6 Å². The van der Waals surface area contributed by atoms with Crippen LogP contribution in [0.15, 0.2) is 71.6 Å². The molecule has 136 valence electrons. The minimum Gasteiger partial charge on any atom is -0.207 e. The van der Waals surface area contributed by atoms with E-state index in [1.54, 1.807) is 6.07 Å². The van der Waals surface area contributed by atoms with Crippen LogP contribution >= 0.6 is 0 Å². The average molecular weight is 379 g/mol. The maximum atomic E-state index is 13.2. The van der Waals surface area contributed by atoms with Gasteiger partial charge in [0.1, 0.15) is 0 Å². The maximum absolute atomic E-state index is 13.2. The molecular formula is C19H16F3NO2S. The fourth-order valence-corrected chi connectivity index (χ4v) is 4.14. The molecule has 0 amide bonds. The molecule has 7 heteroatoms. The molecular weight excluding hydrogens is 363 g/mol. The normalized spacial score (nSPS) is 12.7. The van der Waals surface area contributed by atoms with Crippen LogP contribution in [-0.4, -0.2) is 19.8 Å². The lowest BCUT2D eigenvalue weighted by Crippen LogP contribution is -2.28. The Labute approximate surface area is 149 Å². The number of sulfonamides is 1. The summed E-state index contributed by atoms with van der Waals surface area (Å²) < 4.78 is 65.8. The van der Waals surface area contributed by atoms with Crippen molar-refractivity contribution in [1.29, 1.82) is 0 Å². The van der Waals surface area contributed by atoms with E-state index in [1.165, 1.54) is 19.2 Å². The van der Waals surface area contributed by atoms with Crippen LogP contribution in [-0.2, 0) is 22.7 Å². The SMILES string of the molecule is CN(Cc1ccc2ccccc2c1)S(=O)(=O)c1ccccc1C(F)(F)F. The first-order valence-electron chi connectivity index (χ1n) is 7.80. The molecule has 0 bridgehead atoms. The van der Waals surface area contributed by atoms with Gasteiger partial charge in [-0.25, -0.2) is 8.42 Å². The maximum Gasteiger partial charge on any atom is 0.417 e. The Hall–Kier alpha value is -2.38. The van der Waals surface area contributed by atoms with Gasteiger partial charge in [0, 0.05) is 13.6 Å². The van der Waals surface area contributed by atoms with Crippen LogP contribution in [0.1, 0.15) is 11.1 Å². The molecule has 3 aromatic carbocycles. The Kier molecular flexibility index (Phi) is 4.77. The van der Waals surface area contributed by atoms with Crippen molar-refractivity contribution in [3.63, 3.8) is 0 Å². The topological polar surface area (TPSA) is 37.4 Å². The van der Waals surface area contributed by atoms with Crippen molar-refractivity contribution in [2.24, 2.45) is 0 Å². The van der Waals surface area contributed by atoms with Crippen LogP contribution in [0.25, 0.3) is 10.8 Å². The molecule has 3 rings (SSSR count). The molecule has 26 heavy (non-hydrogen) atoms. The highest BCUT2D eigenvalue weighted by Crippen LogP contribution is 2.35. The first-order chi connectivity index (χ1) is 12.2. The lowest BCUT2D eigenvalue weighted by molar-refractivity contribution is -0.139. The lowest BCUT2D eigenvalue weighted by atomic mass is 10.1. The average Bonchev–Trinajstić information content (AvgIpc) is 2.61. The first-order valence-corrected chi connectivity index (χ1v) is 9.24. The van der Waals surface area contributed by atoms with E-state index in [4.69, 9.17) is 0 Å². The first kappa shape index (κ1) is 18.4. The van der Waals surface area contributed by atoms with E-state index in [1.807, 2.05) is 36.4 Å². The van der Waals surface area contributed by atoms with E-state index in [0.717, 1.165) is 27.2 Å². The van der Waals surface area contributed by atoms with Gasteiger partial charge >= 0.3 is 6.18 Å². The van der Waals surface area contributed by atoms with E-state index in [9.17, 15) is 21.6 Å². The van der Waals surface area contributed by atoms with E-state index >= 15 is 0 Å². The Morgan fingerprint density at radius 1 is 0.885 bits per heavy atom. The third-order valence-electron chi connectivity index (χ3n) is 4.10. The van der Waals surface area contributed by atoms with Crippen LogP contribution in [0, 0.1) is 0 Å². The number of alkyl halides is 3. The highest BCUT2D eigenvalue weighted by Gasteiger charge is 2.38. The molecule has 0 aromatic heterocycles. The van der Waals surface area contributed by atoms with Crippen LogP contribution in [0.3, 0.4) is 0 Å². The minimum atomic E-state index is -4.74. The molecule has 0 heterocycles. The summed E-state index contributed by atoms with van der Waals surface area (Å²) in [6.45, 7) is -0.0284. The standard InChI is InChI=1S/C19H16F3NO2S/c1-23(13-14-10-11-15-6-2-3-7-16(15)12-14)26(24,25)18-9-5-4-8-17(18)19(20,21)22/h2-12H,13H2,1H3. The van der Waals surface area contributed by atoms with E-state index in [2.05, 4.69) is 0 Å². The van der Waals surface area contributed by atoms with Crippen LogP contribution in [0.2, 0.25) is 0 Å². The van der Waals surface area contributed by atoms with Crippen molar-refractivity contribution in [1.82, 2.24) is 4.31 Å². The monoisotopic (exact) mass is 379 g/mol. The van der Waals surface area contributed by atoms with Gasteiger partial charge in [0.25, 0.3) is 0 Å². The smallest absolute Gasteiger partial charge is 0.207 e. The molecule has 3 aromatic rings. The third-order valence-corrected chi connectivity index (χ3v) is 5.96. The van der Waals surface area contributed by atoms with Gasteiger partial charge in [-0.3, -0.25) is 0 Å². The van der Waals surface area contributed by atoms with Crippen LogP contribution in [0.4, 0.5) is 13.2 Å². The molecule has 0 radical (unpaired) electrons. The number of benzene rings is 3. The highest BCUT2D eigenvalue weighted by molar-refractivity contribution is 7.89. The van der Waals surface area contributed by atoms with Crippen molar-refractivity contribution in [2.45, 2.75) is 17.6 Å². The number of hydrogen-bond donors (Lipinski definition) is 0. The van der Waals surface area contributed by atoms with Crippen molar-refractivity contribution in [2.75, 3.05) is 7.05 Å². The summed E-state index contributed by atoms with van der Waals surface area (Å²) in [4.78, 5) is -0.740. The van der Waals surface area contributed by atoms with Gasteiger partial charge in [-0.1, -0.05) is 48.5 Å². The van der Waals surface area contributed by atoms with Gasteiger partial charge in [0.05, 0.1) is 10.5 Å². The fraction of sp³-hybridized carbons (Fsp3) is 0.158. The number of halogens is 3. The Bertz CT molecular complexity index is 1050. The molecule has 3 nitrogen and oxygen atoms in total. The molecule has 0 unspecified atom stereocenters. The lowest BCUT2D eigenvalue weighted by Gasteiger charge is -2.20. The largest absolute Gasteiger partial charge is 0.417 e. The Balaban J connectivity index is 1.95. The second-order valence-electron chi connectivity index (χ2n) is 5.94. The Morgan fingerprint density at radius 3 is 2.19 bits per heavy atom. The molecule has 0 atom stereocenters. The van der Waals surface area contributed by atoms with Crippen molar-refractivity contribution in [3.05, 3.63) is 77.9 Å². The molecule has 0 fully saturated rings. The number of nitrogens with zero attached hydrogens (tertiary/aromatic N) is 1. The van der Waals surface area contributed by atoms with Gasteiger partial charge in [-0.2, -0.15) is 17.5 Å². The summed E-state index contributed by atoms with van der Waals surface area (Å²) in [6.07, 6.45) is -4.74. The predicted molar refractivity (Wildman–Crippen MR) is 94.0 cm³/mol. The minimum absolute atomic E-state index is 0.0284. The number of fused-ring (bicyclic) bond motifs is 1. The van der Waals surface area contributed by atoms with Crippen LogP contribution < -0.4 is 0 Å². The zero-order valence-corrected chi connectivity index (χ0v) is 14.7. The van der Waals surface area contributed by atoms with Crippen molar-refractivity contribution >= 4 is 20.8 Å². The fourth-order valence-electron chi connectivity index (χ4n) is 2.77. The molecule has 0 saturated carbocycles. The Morgan fingerprint density at radius 2 is 1.50 bits per heavy atom. The second-order valence-corrected chi connectivity index (χ2v) is 7.95. The van der Waals surface area contributed by atoms with E-state index in [-0.39, 0.29) is 6.54 Å². The molecule has 0 N–H and O–H groups in total. The number of hydrogen-bond acceptors (Lipinski definition) is 2. The number of rotatable bonds is 4. The predicted octanol–water partition coefficient (Wildman–Crippen LogP) is 4.68.